The van der Waals surface area contributed by atoms with Gasteiger partial charge in [0.25, 0.3) is 5.56 Å². The first-order valence-corrected chi connectivity index (χ1v) is 10.5. The van der Waals surface area contributed by atoms with Crippen LogP contribution in [0, 0.1) is 17.3 Å². The summed E-state index contributed by atoms with van der Waals surface area (Å²) in [6.07, 6.45) is 4.03. The maximum Gasteiger partial charge on any atom is 0.276 e. The predicted molar refractivity (Wildman–Crippen MR) is 115 cm³/mol. The summed E-state index contributed by atoms with van der Waals surface area (Å²) in [5.41, 5.74) is 1.95. The molecule has 0 spiro atoms. The minimum absolute atomic E-state index is 0.157. The van der Waals surface area contributed by atoms with E-state index in [1.165, 1.54) is 10.4 Å². The number of fused-ring (bicyclic) bond motifs is 2. The number of para-hydroxylation sites is 1. The molecule has 6 rings (SSSR count). The van der Waals surface area contributed by atoms with E-state index >= 15 is 0 Å². The number of hydrogen-bond donors (Lipinski definition) is 0. The minimum Gasteiger partial charge on any atom is -0.371 e. The molecule has 31 heavy (non-hydrogen) atoms. The molecule has 3 atom stereocenters. The minimum atomic E-state index is -0.212. The van der Waals surface area contributed by atoms with Gasteiger partial charge in [-0.05, 0) is 41.5 Å². The van der Waals surface area contributed by atoms with Gasteiger partial charge in [0.2, 0.25) is 5.89 Å². The second-order valence-corrected chi connectivity index (χ2v) is 8.79. The molecule has 4 heterocycles. The number of benzene rings is 1. The number of anilines is 1. The van der Waals surface area contributed by atoms with E-state index in [1.54, 1.807) is 24.5 Å². The average molecular weight is 414 g/mol. The molecule has 3 aromatic heterocycles. The molecule has 2 aliphatic rings. The van der Waals surface area contributed by atoms with Crippen LogP contribution < -0.4 is 10.5 Å². The number of hydrogen-bond acceptors (Lipinski definition) is 7. The highest BCUT2D eigenvalue weighted by Crippen LogP contribution is 2.64. The molecule has 2 fully saturated rings. The Morgan fingerprint density at radius 1 is 1.19 bits per heavy atom. The van der Waals surface area contributed by atoms with Crippen molar-refractivity contribution in [3.63, 3.8) is 0 Å². The topological polar surface area (TPSA) is 89.9 Å². The van der Waals surface area contributed by atoms with Crippen molar-refractivity contribution in [1.82, 2.24) is 24.9 Å². The molecule has 0 N–H and O–H groups in total. The van der Waals surface area contributed by atoms with Crippen LogP contribution in [0.3, 0.4) is 0 Å². The summed E-state index contributed by atoms with van der Waals surface area (Å²) in [4.78, 5) is 23.8. The van der Waals surface area contributed by atoms with E-state index in [0.29, 0.717) is 39.9 Å². The maximum absolute atomic E-state index is 12.6. The first kappa shape index (κ1) is 18.2. The summed E-state index contributed by atoms with van der Waals surface area (Å²) in [7, 11) is 0. The number of piperidine rings is 1. The fourth-order valence-electron chi connectivity index (χ4n) is 5.15. The lowest BCUT2D eigenvalue weighted by Gasteiger charge is -2.23. The summed E-state index contributed by atoms with van der Waals surface area (Å²) in [6, 6.07) is 14.1. The van der Waals surface area contributed by atoms with Gasteiger partial charge in [-0.3, -0.25) is 9.78 Å². The summed E-state index contributed by atoms with van der Waals surface area (Å²) in [5.74, 6) is 2.31. The van der Waals surface area contributed by atoms with Gasteiger partial charge in [0.05, 0.1) is 17.1 Å². The number of pyridine rings is 1. The fourth-order valence-corrected chi connectivity index (χ4v) is 5.15. The Balaban J connectivity index is 1.13. The summed E-state index contributed by atoms with van der Waals surface area (Å²) in [5, 5.41) is 8.88. The normalized spacial score (nSPS) is 24.5. The van der Waals surface area contributed by atoms with E-state index in [0.717, 1.165) is 19.5 Å². The molecular weight excluding hydrogens is 392 g/mol. The van der Waals surface area contributed by atoms with Gasteiger partial charge in [0.1, 0.15) is 6.54 Å². The predicted octanol–water partition coefficient (Wildman–Crippen LogP) is 2.54. The maximum atomic E-state index is 12.6. The van der Waals surface area contributed by atoms with Crippen molar-refractivity contribution in [3.05, 3.63) is 76.9 Å². The van der Waals surface area contributed by atoms with Crippen LogP contribution in [0.25, 0.3) is 10.9 Å². The standard InChI is InChI=1S/C23H22N6O2/c1-23-14-28(15-6-3-2-4-7-15)12-18(23)17(23)10-20-26-21(31-27-20)13-29-22(30)16-8-5-9-24-19(16)11-25-29/h2-9,11,17-18H,10,12-14H2,1H3/t17?,18-,23?/m0/s1. The van der Waals surface area contributed by atoms with Crippen LogP contribution in [0.1, 0.15) is 18.6 Å². The van der Waals surface area contributed by atoms with Gasteiger partial charge >= 0.3 is 0 Å². The van der Waals surface area contributed by atoms with Crippen LogP contribution in [-0.4, -0.2) is 38.0 Å². The van der Waals surface area contributed by atoms with E-state index in [4.69, 9.17) is 4.52 Å². The average Bonchev–Trinajstić information content (AvgIpc) is 3.13. The molecule has 1 saturated carbocycles. The Labute approximate surface area is 178 Å². The zero-order valence-electron chi connectivity index (χ0n) is 17.2. The van der Waals surface area contributed by atoms with Gasteiger partial charge in [-0.2, -0.15) is 10.1 Å². The van der Waals surface area contributed by atoms with Crippen molar-refractivity contribution >= 4 is 16.6 Å². The second-order valence-electron chi connectivity index (χ2n) is 8.79. The molecule has 2 unspecified atom stereocenters. The quantitative estimate of drug-likeness (QED) is 0.496. The molecular formula is C23H22N6O2. The van der Waals surface area contributed by atoms with Gasteiger partial charge in [-0.25, -0.2) is 4.68 Å². The van der Waals surface area contributed by atoms with Gasteiger partial charge in [-0.1, -0.05) is 30.3 Å². The number of aromatic nitrogens is 5. The highest BCUT2D eigenvalue weighted by Gasteiger charge is 2.65. The summed E-state index contributed by atoms with van der Waals surface area (Å²) >= 11 is 0. The van der Waals surface area contributed by atoms with Crippen molar-refractivity contribution < 1.29 is 4.52 Å². The second kappa shape index (κ2) is 6.73. The smallest absolute Gasteiger partial charge is 0.276 e. The molecule has 0 amide bonds. The van der Waals surface area contributed by atoms with Crippen molar-refractivity contribution in [2.45, 2.75) is 19.9 Å². The molecule has 1 saturated heterocycles. The molecule has 1 aromatic carbocycles. The molecule has 8 nitrogen and oxygen atoms in total. The van der Waals surface area contributed by atoms with Crippen molar-refractivity contribution in [2.24, 2.45) is 17.3 Å². The molecule has 8 heteroatoms. The van der Waals surface area contributed by atoms with E-state index in [2.05, 4.69) is 62.4 Å². The van der Waals surface area contributed by atoms with Crippen LogP contribution in [0.15, 0.2) is 64.2 Å². The molecule has 0 bridgehead atoms. The molecule has 156 valence electrons. The largest absolute Gasteiger partial charge is 0.371 e. The van der Waals surface area contributed by atoms with Crippen molar-refractivity contribution in [3.8, 4) is 0 Å². The third-order valence-corrected chi connectivity index (χ3v) is 6.96. The van der Waals surface area contributed by atoms with Crippen molar-refractivity contribution in [1.29, 1.82) is 0 Å². The Kier molecular flexibility index (Phi) is 3.96. The summed E-state index contributed by atoms with van der Waals surface area (Å²) < 4.78 is 6.76. The molecule has 1 aliphatic carbocycles. The monoisotopic (exact) mass is 414 g/mol. The first-order chi connectivity index (χ1) is 15.1. The van der Waals surface area contributed by atoms with Crippen LogP contribution in [0.4, 0.5) is 5.69 Å². The molecule has 0 radical (unpaired) electrons. The zero-order valence-corrected chi connectivity index (χ0v) is 17.2. The van der Waals surface area contributed by atoms with E-state index in [-0.39, 0.29) is 12.1 Å². The highest BCUT2D eigenvalue weighted by atomic mass is 16.5. The first-order valence-electron chi connectivity index (χ1n) is 10.5. The third-order valence-electron chi connectivity index (χ3n) is 6.96. The van der Waals surface area contributed by atoms with Crippen LogP contribution in [0.5, 0.6) is 0 Å². The lowest BCUT2D eigenvalue weighted by Crippen LogP contribution is -2.26. The van der Waals surface area contributed by atoms with Crippen LogP contribution in [-0.2, 0) is 13.0 Å². The molecule has 4 aromatic rings. The van der Waals surface area contributed by atoms with Gasteiger partial charge < -0.3 is 9.42 Å². The molecule has 1 aliphatic heterocycles. The Morgan fingerprint density at radius 3 is 2.87 bits per heavy atom. The Bertz CT molecular complexity index is 1320. The Hall–Kier alpha value is -3.55. The summed E-state index contributed by atoms with van der Waals surface area (Å²) in [6.45, 7) is 4.64. The van der Waals surface area contributed by atoms with Gasteiger partial charge in [0, 0.05) is 31.4 Å². The fraction of sp³-hybridized carbons (Fsp3) is 0.348. The van der Waals surface area contributed by atoms with E-state index < -0.39 is 0 Å². The van der Waals surface area contributed by atoms with E-state index in [1.807, 2.05) is 0 Å². The van der Waals surface area contributed by atoms with Crippen LogP contribution in [0.2, 0.25) is 0 Å². The number of nitrogens with zero attached hydrogens (tertiary/aromatic N) is 6. The van der Waals surface area contributed by atoms with Gasteiger partial charge in [0.15, 0.2) is 5.82 Å². The van der Waals surface area contributed by atoms with Gasteiger partial charge in [-0.15, -0.1) is 0 Å². The Morgan fingerprint density at radius 2 is 2.06 bits per heavy atom. The van der Waals surface area contributed by atoms with Crippen LogP contribution >= 0.6 is 0 Å². The third kappa shape index (κ3) is 3.01. The van der Waals surface area contributed by atoms with E-state index in [9.17, 15) is 4.79 Å². The SMILES string of the molecule is CC12CN(c3ccccc3)C[C@H]1C2Cc1noc(Cn2ncc3ncccc3c2=O)n1. The highest BCUT2D eigenvalue weighted by molar-refractivity contribution is 5.75. The van der Waals surface area contributed by atoms with Crippen molar-refractivity contribution in [2.75, 3.05) is 18.0 Å². The number of rotatable bonds is 5. The lowest BCUT2D eigenvalue weighted by atomic mass is 10.0. The lowest BCUT2D eigenvalue weighted by molar-refractivity contribution is 0.357. The zero-order chi connectivity index (χ0) is 21.0.